The molecule has 0 N–H and O–H groups in total. The molecule has 0 aromatic heterocycles. The van der Waals surface area contributed by atoms with Gasteiger partial charge in [-0.2, -0.15) is 0 Å². The molecule has 1 radical (unpaired) electrons. The van der Waals surface area contributed by atoms with Crippen LogP contribution >= 0.6 is 0 Å². The average molecular weight is 179 g/mol. The van der Waals surface area contributed by atoms with Crippen molar-refractivity contribution in [2.24, 2.45) is 0 Å². The number of hydrogen-bond acceptors (Lipinski definition) is 0. The lowest BCUT2D eigenvalue weighted by Gasteiger charge is -2.03. The quantitative estimate of drug-likeness (QED) is 0.620. The van der Waals surface area contributed by atoms with Crippen molar-refractivity contribution in [1.29, 1.82) is 0 Å². The zero-order valence-electron chi connectivity index (χ0n) is 7.96. The molecule has 0 amide bonds. The summed E-state index contributed by atoms with van der Waals surface area (Å²) in [5.74, 6) is 2.43. The Morgan fingerprint density at radius 3 is 2.64 bits per heavy atom. The summed E-state index contributed by atoms with van der Waals surface area (Å²) in [6.07, 6.45) is 8.52. The summed E-state index contributed by atoms with van der Waals surface area (Å²) in [4.78, 5) is 0. The van der Waals surface area contributed by atoms with E-state index in [1.54, 1.807) is 0 Å². The van der Waals surface area contributed by atoms with Crippen LogP contribution in [0.3, 0.4) is 0 Å². The lowest BCUT2D eigenvalue weighted by Crippen LogP contribution is -1.85. The molecule has 0 nitrogen and oxygen atoms in total. The van der Waals surface area contributed by atoms with Gasteiger partial charge in [-0.3, -0.25) is 0 Å². The molecule has 0 heteroatoms. The molecule has 2 aromatic rings. The Hall–Kier alpha value is -1.74. The van der Waals surface area contributed by atoms with Crippen molar-refractivity contribution in [2.45, 2.75) is 12.8 Å². The number of rotatable bonds is 2. The first kappa shape index (κ1) is 8.84. The maximum absolute atomic E-state index is 6.91. The maximum Gasteiger partial charge on any atom is 0.0140 e. The molecule has 0 spiro atoms. The van der Waals surface area contributed by atoms with Gasteiger partial charge in [0.05, 0.1) is 0 Å². The van der Waals surface area contributed by atoms with Crippen molar-refractivity contribution >= 4 is 10.8 Å². The molecule has 0 atom stereocenters. The second-order valence-corrected chi connectivity index (χ2v) is 3.32. The van der Waals surface area contributed by atoms with Gasteiger partial charge in [0, 0.05) is 6.42 Å². The highest BCUT2D eigenvalue weighted by Crippen LogP contribution is 2.19. The van der Waals surface area contributed by atoms with E-state index in [4.69, 9.17) is 6.42 Å². The minimum Gasteiger partial charge on any atom is -0.0888 e. The number of aryl methyl sites for hydroxylation is 1. The summed E-state index contributed by atoms with van der Waals surface area (Å²) in [6.45, 7) is 0. The van der Waals surface area contributed by atoms with Crippen LogP contribution in [0.15, 0.2) is 42.5 Å². The van der Waals surface area contributed by atoms with Gasteiger partial charge in [-0.05, 0) is 29.2 Å². The van der Waals surface area contributed by atoms with Crippen LogP contribution in [-0.2, 0) is 6.42 Å². The molecule has 14 heavy (non-hydrogen) atoms. The third-order valence-electron chi connectivity index (χ3n) is 2.40. The fourth-order valence-corrected chi connectivity index (χ4v) is 1.71. The highest BCUT2D eigenvalue weighted by atomic mass is 14.0. The molecule has 0 saturated carbocycles. The van der Waals surface area contributed by atoms with Crippen LogP contribution in [0.2, 0.25) is 0 Å². The SMILES string of the molecule is [C]#CCCc1cccc2ccccc12. The lowest BCUT2D eigenvalue weighted by molar-refractivity contribution is 1.04. The smallest absolute Gasteiger partial charge is 0.0140 e. The van der Waals surface area contributed by atoms with E-state index in [0.717, 1.165) is 6.42 Å². The normalized spacial score (nSPS) is 9.93. The van der Waals surface area contributed by atoms with Gasteiger partial charge in [-0.15, -0.1) is 0 Å². The molecular weight excluding hydrogens is 168 g/mol. The number of fused-ring (bicyclic) bond motifs is 1. The summed E-state index contributed by atoms with van der Waals surface area (Å²) < 4.78 is 0. The van der Waals surface area contributed by atoms with Crippen molar-refractivity contribution in [3.8, 4) is 5.92 Å². The predicted molar refractivity (Wildman–Crippen MR) is 59.4 cm³/mol. The standard InChI is InChI=1S/C14H11/c1-2-3-7-12-9-6-10-13-8-4-5-11-14(12)13/h4-6,8-11H,3,7H2. The molecule has 0 aliphatic rings. The van der Waals surface area contributed by atoms with Gasteiger partial charge in [0.1, 0.15) is 0 Å². The van der Waals surface area contributed by atoms with E-state index in [9.17, 15) is 0 Å². The Bertz CT molecular complexity index is 469. The van der Waals surface area contributed by atoms with E-state index in [-0.39, 0.29) is 0 Å². The highest BCUT2D eigenvalue weighted by molar-refractivity contribution is 5.85. The summed E-state index contributed by atoms with van der Waals surface area (Å²) in [5, 5.41) is 2.57. The van der Waals surface area contributed by atoms with E-state index >= 15 is 0 Å². The van der Waals surface area contributed by atoms with Crippen LogP contribution < -0.4 is 0 Å². The average Bonchev–Trinajstić information content (AvgIpc) is 2.26. The minimum atomic E-state index is 0.702. The van der Waals surface area contributed by atoms with Crippen molar-refractivity contribution in [3.63, 3.8) is 0 Å². The second kappa shape index (κ2) is 3.98. The van der Waals surface area contributed by atoms with Crippen LogP contribution in [0.1, 0.15) is 12.0 Å². The molecular formula is C14H11. The third kappa shape index (κ3) is 1.63. The van der Waals surface area contributed by atoms with Gasteiger partial charge in [-0.1, -0.05) is 48.4 Å². The molecule has 2 rings (SSSR count). The zero-order chi connectivity index (χ0) is 9.80. The van der Waals surface area contributed by atoms with E-state index < -0.39 is 0 Å². The van der Waals surface area contributed by atoms with Crippen LogP contribution in [0.25, 0.3) is 10.8 Å². The Kier molecular flexibility index (Phi) is 2.51. The first-order chi connectivity index (χ1) is 6.92. The van der Waals surface area contributed by atoms with Crippen molar-refractivity contribution < 1.29 is 0 Å². The first-order valence-corrected chi connectivity index (χ1v) is 4.78. The predicted octanol–water partition coefficient (Wildman–Crippen LogP) is 3.36. The molecule has 0 bridgehead atoms. The molecule has 0 heterocycles. The Morgan fingerprint density at radius 2 is 1.79 bits per heavy atom. The van der Waals surface area contributed by atoms with Gasteiger partial charge >= 0.3 is 0 Å². The van der Waals surface area contributed by atoms with Gasteiger partial charge in [0.25, 0.3) is 0 Å². The van der Waals surface area contributed by atoms with Crippen LogP contribution in [0, 0.1) is 12.3 Å². The molecule has 0 saturated heterocycles. The Balaban J connectivity index is 2.49. The summed E-state index contributed by atoms with van der Waals surface area (Å²) in [5.41, 5.74) is 1.31. The molecule has 67 valence electrons. The summed E-state index contributed by atoms with van der Waals surface area (Å²) in [7, 11) is 0. The highest BCUT2D eigenvalue weighted by Gasteiger charge is 1.98. The van der Waals surface area contributed by atoms with Crippen molar-refractivity contribution in [2.75, 3.05) is 0 Å². The fourth-order valence-electron chi connectivity index (χ4n) is 1.71. The van der Waals surface area contributed by atoms with E-state index in [0.29, 0.717) is 6.42 Å². The lowest BCUT2D eigenvalue weighted by atomic mass is 10.0. The van der Waals surface area contributed by atoms with Crippen LogP contribution in [0.5, 0.6) is 0 Å². The largest absolute Gasteiger partial charge is 0.0888 e. The van der Waals surface area contributed by atoms with Gasteiger partial charge in [0.2, 0.25) is 0 Å². The fraction of sp³-hybridized carbons (Fsp3) is 0.143. The number of hydrogen-bond donors (Lipinski definition) is 0. The molecule has 0 unspecified atom stereocenters. The summed E-state index contributed by atoms with van der Waals surface area (Å²) >= 11 is 0. The van der Waals surface area contributed by atoms with Crippen LogP contribution in [-0.4, -0.2) is 0 Å². The first-order valence-electron chi connectivity index (χ1n) is 4.78. The number of benzene rings is 2. The van der Waals surface area contributed by atoms with Gasteiger partial charge < -0.3 is 0 Å². The van der Waals surface area contributed by atoms with E-state index in [2.05, 4.69) is 48.4 Å². The zero-order valence-corrected chi connectivity index (χ0v) is 7.96. The maximum atomic E-state index is 6.91. The molecule has 0 fully saturated rings. The van der Waals surface area contributed by atoms with Crippen molar-refractivity contribution in [3.05, 3.63) is 54.5 Å². The monoisotopic (exact) mass is 179 g/mol. The topological polar surface area (TPSA) is 0 Å². The van der Waals surface area contributed by atoms with Crippen LogP contribution in [0.4, 0.5) is 0 Å². The van der Waals surface area contributed by atoms with E-state index in [1.165, 1.54) is 16.3 Å². The summed E-state index contributed by atoms with van der Waals surface area (Å²) in [6, 6.07) is 14.7. The molecule has 0 aliphatic carbocycles. The van der Waals surface area contributed by atoms with E-state index in [1.807, 2.05) is 0 Å². The third-order valence-corrected chi connectivity index (χ3v) is 2.40. The second-order valence-electron chi connectivity index (χ2n) is 3.32. The molecule has 0 aliphatic heterocycles. The van der Waals surface area contributed by atoms with Gasteiger partial charge in [0.15, 0.2) is 0 Å². The Morgan fingerprint density at radius 1 is 1.00 bits per heavy atom. The molecule has 2 aromatic carbocycles. The minimum absolute atomic E-state index is 0.702. The van der Waals surface area contributed by atoms with Gasteiger partial charge in [-0.25, -0.2) is 0 Å². The van der Waals surface area contributed by atoms with Crippen molar-refractivity contribution in [1.82, 2.24) is 0 Å². The Labute approximate surface area is 84.6 Å².